The zero-order valence-corrected chi connectivity index (χ0v) is 9.06. The summed E-state index contributed by atoms with van der Waals surface area (Å²) < 4.78 is 30.5. The molecule has 0 atom stereocenters. The number of alkyl halides is 2. The summed E-state index contributed by atoms with van der Waals surface area (Å²) in [5, 5.41) is 0. The van der Waals surface area contributed by atoms with E-state index < -0.39 is 11.9 Å². The van der Waals surface area contributed by atoms with Crippen LogP contribution in [0.5, 0.6) is 0 Å². The molecular weight excluding hydrogens is 216 g/mol. The molecule has 1 rings (SSSR count). The predicted octanol–water partition coefficient (Wildman–Crippen LogP) is 2.93. The van der Waals surface area contributed by atoms with Gasteiger partial charge in [0.05, 0.1) is 13.2 Å². The molecule has 16 heavy (non-hydrogen) atoms. The first kappa shape index (κ1) is 12.6. The molecule has 1 aliphatic carbocycles. The Labute approximate surface area is 92.9 Å². The first-order chi connectivity index (χ1) is 7.50. The van der Waals surface area contributed by atoms with Gasteiger partial charge >= 0.3 is 5.97 Å². The molecule has 0 heterocycles. The standard InChI is InChI=1S/C11H13F2NO2/c1-3-16-10(15)9(14-2)8-4-6-11(12,13)7-5-8/h3-7H2,1H3. The molecule has 0 amide bonds. The van der Waals surface area contributed by atoms with Gasteiger partial charge in [-0.25, -0.2) is 13.6 Å². The Hall–Kier alpha value is -1.44. The van der Waals surface area contributed by atoms with E-state index >= 15 is 0 Å². The fraction of sp³-hybridized carbons (Fsp3) is 0.636. The fourth-order valence-corrected chi connectivity index (χ4v) is 1.62. The Bertz CT molecular complexity index is 343. The van der Waals surface area contributed by atoms with Gasteiger partial charge in [-0.05, 0) is 19.8 Å². The second-order valence-electron chi connectivity index (χ2n) is 3.64. The van der Waals surface area contributed by atoms with Gasteiger partial charge in [0, 0.05) is 12.8 Å². The largest absolute Gasteiger partial charge is 0.471 e. The third-order valence-electron chi connectivity index (χ3n) is 2.50. The molecule has 0 bridgehead atoms. The van der Waals surface area contributed by atoms with Crippen molar-refractivity contribution in [2.45, 2.75) is 38.5 Å². The third-order valence-corrected chi connectivity index (χ3v) is 2.50. The van der Waals surface area contributed by atoms with Crippen molar-refractivity contribution in [3.63, 3.8) is 0 Å². The number of halogens is 2. The molecular formula is C11H13F2NO2. The molecule has 0 aromatic carbocycles. The third kappa shape index (κ3) is 3.02. The van der Waals surface area contributed by atoms with Crippen LogP contribution in [0, 0.1) is 6.57 Å². The van der Waals surface area contributed by atoms with Crippen LogP contribution >= 0.6 is 0 Å². The van der Waals surface area contributed by atoms with Crippen molar-refractivity contribution in [1.29, 1.82) is 0 Å². The van der Waals surface area contributed by atoms with Crippen LogP contribution in [0.3, 0.4) is 0 Å². The van der Waals surface area contributed by atoms with Crippen molar-refractivity contribution in [1.82, 2.24) is 0 Å². The Kier molecular flexibility index (Phi) is 3.99. The minimum Gasteiger partial charge on any atom is -0.471 e. The molecule has 0 unspecified atom stereocenters. The molecule has 0 aliphatic heterocycles. The highest BCUT2D eigenvalue weighted by Gasteiger charge is 2.34. The number of allylic oxidation sites excluding steroid dienone is 1. The number of hydrogen-bond donors (Lipinski definition) is 0. The van der Waals surface area contributed by atoms with Crippen molar-refractivity contribution < 1.29 is 18.3 Å². The lowest BCUT2D eigenvalue weighted by atomic mass is 9.90. The fourth-order valence-electron chi connectivity index (χ4n) is 1.62. The Morgan fingerprint density at radius 1 is 1.50 bits per heavy atom. The summed E-state index contributed by atoms with van der Waals surface area (Å²) in [5.74, 6) is -3.36. The second kappa shape index (κ2) is 5.06. The monoisotopic (exact) mass is 229 g/mol. The first-order valence-corrected chi connectivity index (χ1v) is 5.14. The van der Waals surface area contributed by atoms with Gasteiger partial charge in [-0.1, -0.05) is 5.57 Å². The van der Waals surface area contributed by atoms with E-state index in [4.69, 9.17) is 11.3 Å². The maximum atomic E-state index is 12.9. The van der Waals surface area contributed by atoms with Crippen LogP contribution < -0.4 is 0 Å². The lowest BCUT2D eigenvalue weighted by molar-refractivity contribution is -0.138. The summed E-state index contributed by atoms with van der Waals surface area (Å²) in [5.41, 5.74) is 0.386. The quantitative estimate of drug-likeness (QED) is 0.414. The van der Waals surface area contributed by atoms with Crippen molar-refractivity contribution in [3.8, 4) is 0 Å². The smallest absolute Gasteiger partial charge is 0.336 e. The van der Waals surface area contributed by atoms with E-state index in [1.165, 1.54) is 0 Å². The van der Waals surface area contributed by atoms with Crippen molar-refractivity contribution >= 4 is 5.97 Å². The van der Waals surface area contributed by atoms with E-state index in [2.05, 4.69) is 4.85 Å². The Morgan fingerprint density at radius 2 is 2.06 bits per heavy atom. The molecule has 88 valence electrons. The van der Waals surface area contributed by atoms with E-state index in [0.29, 0.717) is 5.57 Å². The Morgan fingerprint density at radius 3 is 2.50 bits per heavy atom. The highest BCUT2D eigenvalue weighted by molar-refractivity contribution is 5.91. The summed E-state index contributed by atoms with van der Waals surface area (Å²) in [4.78, 5) is 14.4. The van der Waals surface area contributed by atoms with Gasteiger partial charge in [-0.2, -0.15) is 0 Å². The minimum atomic E-state index is -2.66. The average Bonchev–Trinajstić information content (AvgIpc) is 2.22. The van der Waals surface area contributed by atoms with Gasteiger partial charge in [-0.15, -0.1) is 0 Å². The molecule has 1 saturated carbocycles. The number of nitrogens with zero attached hydrogens (tertiary/aromatic N) is 1. The highest BCUT2D eigenvalue weighted by Crippen LogP contribution is 2.37. The molecule has 3 nitrogen and oxygen atoms in total. The molecule has 0 aromatic rings. The van der Waals surface area contributed by atoms with Crippen LogP contribution in [0.4, 0.5) is 8.78 Å². The van der Waals surface area contributed by atoms with E-state index in [-0.39, 0.29) is 38.0 Å². The summed E-state index contributed by atoms with van der Waals surface area (Å²) in [7, 11) is 0. The molecule has 0 spiro atoms. The number of hydrogen-bond acceptors (Lipinski definition) is 2. The maximum absolute atomic E-state index is 12.9. The maximum Gasteiger partial charge on any atom is 0.336 e. The molecule has 1 aliphatic rings. The van der Waals surface area contributed by atoms with Gasteiger partial charge in [0.1, 0.15) is 0 Å². The molecule has 0 N–H and O–H groups in total. The van der Waals surface area contributed by atoms with Crippen LogP contribution in [0.15, 0.2) is 11.3 Å². The van der Waals surface area contributed by atoms with Crippen molar-refractivity contribution in [2.24, 2.45) is 0 Å². The minimum absolute atomic E-state index is 0.101. The van der Waals surface area contributed by atoms with Crippen LogP contribution in [0.2, 0.25) is 0 Å². The number of ether oxygens (including phenoxy) is 1. The first-order valence-electron chi connectivity index (χ1n) is 5.14. The molecule has 5 heteroatoms. The Balaban J connectivity index is 2.80. The number of rotatable bonds is 2. The topological polar surface area (TPSA) is 30.7 Å². The van der Waals surface area contributed by atoms with E-state index in [1.54, 1.807) is 6.92 Å². The van der Waals surface area contributed by atoms with Crippen LogP contribution in [-0.4, -0.2) is 18.5 Å². The van der Waals surface area contributed by atoms with Gasteiger partial charge in [0.15, 0.2) is 0 Å². The van der Waals surface area contributed by atoms with Crippen LogP contribution in [0.25, 0.3) is 4.85 Å². The van der Waals surface area contributed by atoms with Gasteiger partial charge < -0.3 is 4.74 Å². The van der Waals surface area contributed by atoms with E-state index in [9.17, 15) is 13.6 Å². The van der Waals surface area contributed by atoms with Gasteiger partial charge in [0.2, 0.25) is 5.92 Å². The molecule has 1 fully saturated rings. The second-order valence-corrected chi connectivity index (χ2v) is 3.64. The summed E-state index contributed by atoms with van der Waals surface area (Å²) in [6.07, 6.45) is -0.380. The number of carbonyl (C=O) groups excluding carboxylic acids is 1. The zero-order chi connectivity index (χ0) is 12.2. The highest BCUT2D eigenvalue weighted by atomic mass is 19.3. The van der Waals surface area contributed by atoms with Crippen molar-refractivity contribution in [2.75, 3.05) is 6.61 Å². The van der Waals surface area contributed by atoms with Crippen LogP contribution in [0.1, 0.15) is 32.6 Å². The van der Waals surface area contributed by atoms with Crippen molar-refractivity contribution in [3.05, 3.63) is 22.7 Å². The van der Waals surface area contributed by atoms with E-state index in [0.717, 1.165) is 0 Å². The predicted molar refractivity (Wildman–Crippen MR) is 53.7 cm³/mol. The lowest BCUT2D eigenvalue weighted by Crippen LogP contribution is -2.22. The van der Waals surface area contributed by atoms with Gasteiger partial charge in [0.25, 0.3) is 5.70 Å². The molecule has 0 radical (unpaired) electrons. The van der Waals surface area contributed by atoms with Crippen LogP contribution in [-0.2, 0) is 9.53 Å². The number of carbonyl (C=O) groups is 1. The summed E-state index contributed by atoms with van der Waals surface area (Å²) >= 11 is 0. The SMILES string of the molecule is [C-]#[N+]C(C(=O)OCC)=C1CCC(F)(F)CC1. The summed E-state index contributed by atoms with van der Waals surface area (Å²) in [6, 6.07) is 0. The molecule has 0 aromatic heterocycles. The zero-order valence-electron chi connectivity index (χ0n) is 9.06. The van der Waals surface area contributed by atoms with Gasteiger partial charge in [-0.3, -0.25) is 4.79 Å². The lowest BCUT2D eigenvalue weighted by Gasteiger charge is -2.24. The average molecular weight is 229 g/mol. The number of esters is 1. The summed E-state index contributed by atoms with van der Waals surface area (Å²) in [6.45, 7) is 8.70. The normalized spacial score (nSPS) is 18.8. The molecule has 0 saturated heterocycles. The van der Waals surface area contributed by atoms with E-state index in [1.807, 2.05) is 0 Å².